The summed E-state index contributed by atoms with van der Waals surface area (Å²) in [6.45, 7) is 4.15. The lowest BCUT2D eigenvalue weighted by Gasteiger charge is -2.11. The highest BCUT2D eigenvalue weighted by Crippen LogP contribution is 2.18. The van der Waals surface area contributed by atoms with Crippen LogP contribution in [-0.2, 0) is 6.42 Å². The first-order valence-corrected chi connectivity index (χ1v) is 6.47. The lowest BCUT2D eigenvalue weighted by Crippen LogP contribution is -2.17. The fraction of sp³-hybridized carbons (Fsp3) is 0.200. The molecule has 0 aliphatic heterocycles. The Bertz CT molecular complexity index is 625. The summed E-state index contributed by atoms with van der Waals surface area (Å²) in [4.78, 5) is 16.2. The van der Waals surface area contributed by atoms with Crippen LogP contribution in [0.15, 0.2) is 36.7 Å². The summed E-state index contributed by atoms with van der Waals surface area (Å²) in [6, 6.07) is 7.53. The van der Waals surface area contributed by atoms with Gasteiger partial charge < -0.3 is 10.7 Å². The first-order valence-electron chi connectivity index (χ1n) is 6.47. The highest BCUT2D eigenvalue weighted by Gasteiger charge is 2.11. The molecular weight excluding hydrogens is 252 g/mol. The molecule has 0 radical (unpaired) electrons. The minimum absolute atomic E-state index is 0.239. The van der Waals surface area contributed by atoms with E-state index in [2.05, 4.69) is 29.6 Å². The molecule has 4 N–H and O–H groups in total. The van der Waals surface area contributed by atoms with Gasteiger partial charge in [0.2, 0.25) is 0 Å². The Balaban J connectivity index is 2.23. The number of carbonyl (C=O) groups excluding carboxylic acids is 1. The molecule has 2 rings (SSSR count). The van der Waals surface area contributed by atoms with Crippen LogP contribution in [0.3, 0.4) is 0 Å². The predicted molar refractivity (Wildman–Crippen MR) is 80.6 cm³/mol. The number of amides is 1. The maximum atomic E-state index is 12.2. The summed E-state index contributed by atoms with van der Waals surface area (Å²) in [5, 5.41) is 2.86. The van der Waals surface area contributed by atoms with Gasteiger partial charge in [0.05, 0.1) is 11.3 Å². The van der Waals surface area contributed by atoms with Gasteiger partial charge in [-0.3, -0.25) is 15.6 Å². The van der Waals surface area contributed by atoms with Gasteiger partial charge >= 0.3 is 0 Å². The number of rotatable bonds is 4. The van der Waals surface area contributed by atoms with E-state index in [1.165, 1.54) is 17.3 Å². The Morgan fingerprint density at radius 3 is 2.85 bits per heavy atom. The smallest absolute Gasteiger partial charge is 0.259 e. The van der Waals surface area contributed by atoms with Gasteiger partial charge in [0.1, 0.15) is 0 Å². The van der Waals surface area contributed by atoms with Gasteiger partial charge in [-0.05, 0) is 42.7 Å². The second kappa shape index (κ2) is 6.16. The van der Waals surface area contributed by atoms with Crippen molar-refractivity contribution in [3.63, 3.8) is 0 Å². The number of nitrogens with zero attached hydrogens (tertiary/aromatic N) is 1. The minimum Gasteiger partial charge on any atom is -0.323 e. The third-order valence-corrected chi connectivity index (χ3v) is 3.21. The van der Waals surface area contributed by atoms with Crippen LogP contribution in [0.2, 0.25) is 0 Å². The fourth-order valence-corrected chi connectivity index (χ4v) is 2.03. The molecule has 0 saturated heterocycles. The van der Waals surface area contributed by atoms with Crippen molar-refractivity contribution in [2.24, 2.45) is 5.84 Å². The number of nitrogens with two attached hydrogens (primary N) is 1. The number of hydrogen-bond donors (Lipinski definition) is 3. The molecule has 0 atom stereocenters. The molecule has 0 fully saturated rings. The van der Waals surface area contributed by atoms with Gasteiger partial charge in [-0.15, -0.1) is 0 Å². The topological polar surface area (TPSA) is 80.0 Å². The fourth-order valence-electron chi connectivity index (χ4n) is 2.03. The van der Waals surface area contributed by atoms with Crippen molar-refractivity contribution in [3.8, 4) is 0 Å². The van der Waals surface area contributed by atoms with E-state index >= 15 is 0 Å². The number of carbonyl (C=O) groups is 1. The molecule has 0 unspecified atom stereocenters. The summed E-state index contributed by atoms with van der Waals surface area (Å²) < 4.78 is 0. The van der Waals surface area contributed by atoms with E-state index < -0.39 is 0 Å². The van der Waals surface area contributed by atoms with Gasteiger partial charge in [-0.1, -0.05) is 13.0 Å². The van der Waals surface area contributed by atoms with Gasteiger partial charge in [-0.25, -0.2) is 0 Å². The molecule has 5 heteroatoms. The van der Waals surface area contributed by atoms with Crippen molar-refractivity contribution in [1.29, 1.82) is 0 Å². The summed E-state index contributed by atoms with van der Waals surface area (Å²) in [5.41, 5.74) is 6.65. The van der Waals surface area contributed by atoms with E-state index in [9.17, 15) is 4.79 Å². The van der Waals surface area contributed by atoms with Crippen LogP contribution in [0.4, 0.5) is 11.4 Å². The van der Waals surface area contributed by atoms with Crippen molar-refractivity contribution in [1.82, 2.24) is 4.98 Å². The number of anilines is 2. The SMILES string of the molecule is CCc1cc(NC(=O)c2cnccc2NN)ccc1C. The molecule has 5 nitrogen and oxygen atoms in total. The van der Waals surface area contributed by atoms with E-state index in [0.29, 0.717) is 11.3 Å². The van der Waals surface area contributed by atoms with E-state index in [0.717, 1.165) is 12.1 Å². The highest BCUT2D eigenvalue weighted by atomic mass is 16.1. The summed E-state index contributed by atoms with van der Waals surface area (Å²) in [7, 11) is 0. The average Bonchev–Trinajstić information content (AvgIpc) is 2.49. The molecule has 0 spiro atoms. The number of pyridine rings is 1. The number of nitrogens with one attached hydrogen (secondary N) is 2. The molecule has 0 bridgehead atoms. The molecule has 0 aliphatic rings. The molecule has 104 valence electrons. The van der Waals surface area contributed by atoms with Crippen molar-refractivity contribution >= 4 is 17.3 Å². The number of hydrogen-bond acceptors (Lipinski definition) is 4. The normalized spacial score (nSPS) is 10.2. The molecule has 20 heavy (non-hydrogen) atoms. The quantitative estimate of drug-likeness (QED) is 0.589. The van der Waals surface area contributed by atoms with Crippen LogP contribution in [0.5, 0.6) is 0 Å². The number of nitrogen functional groups attached to an aromatic ring is 1. The van der Waals surface area contributed by atoms with Gasteiger partial charge in [0, 0.05) is 18.1 Å². The monoisotopic (exact) mass is 270 g/mol. The van der Waals surface area contributed by atoms with Gasteiger partial charge in [0.15, 0.2) is 0 Å². The van der Waals surface area contributed by atoms with Crippen LogP contribution < -0.4 is 16.6 Å². The minimum atomic E-state index is -0.239. The zero-order valence-electron chi connectivity index (χ0n) is 11.6. The van der Waals surface area contributed by atoms with Crippen LogP contribution in [0.1, 0.15) is 28.4 Å². The Morgan fingerprint density at radius 1 is 1.35 bits per heavy atom. The summed E-state index contributed by atoms with van der Waals surface area (Å²) >= 11 is 0. The molecule has 1 aromatic carbocycles. The zero-order chi connectivity index (χ0) is 14.5. The van der Waals surface area contributed by atoms with Gasteiger partial charge in [0.25, 0.3) is 5.91 Å². The average molecular weight is 270 g/mol. The molecule has 0 aliphatic carbocycles. The molecule has 1 amide bonds. The van der Waals surface area contributed by atoms with Crippen LogP contribution in [0.25, 0.3) is 0 Å². The van der Waals surface area contributed by atoms with E-state index in [4.69, 9.17) is 5.84 Å². The Hall–Kier alpha value is -2.40. The third-order valence-electron chi connectivity index (χ3n) is 3.21. The third kappa shape index (κ3) is 2.95. The van der Waals surface area contributed by atoms with Crippen LogP contribution in [-0.4, -0.2) is 10.9 Å². The molecule has 0 saturated carbocycles. The Morgan fingerprint density at radius 2 is 2.15 bits per heavy atom. The second-order valence-electron chi connectivity index (χ2n) is 4.51. The maximum absolute atomic E-state index is 12.2. The van der Waals surface area contributed by atoms with Crippen LogP contribution in [0, 0.1) is 6.92 Å². The van der Waals surface area contributed by atoms with Crippen molar-refractivity contribution in [2.45, 2.75) is 20.3 Å². The highest BCUT2D eigenvalue weighted by molar-refractivity contribution is 6.07. The molecule has 1 aromatic heterocycles. The van der Waals surface area contributed by atoms with E-state index in [-0.39, 0.29) is 5.91 Å². The maximum Gasteiger partial charge on any atom is 0.259 e. The Labute approximate surface area is 118 Å². The molecule has 1 heterocycles. The standard InChI is InChI=1S/C15H18N4O/c1-3-11-8-12(5-4-10(11)2)18-15(20)13-9-17-7-6-14(13)19-16/h4-9H,3,16H2,1-2H3,(H,17,19)(H,18,20). The van der Waals surface area contributed by atoms with Crippen LogP contribution >= 0.6 is 0 Å². The molecular formula is C15H18N4O. The zero-order valence-corrected chi connectivity index (χ0v) is 11.6. The van der Waals surface area contributed by atoms with Crippen molar-refractivity contribution in [3.05, 3.63) is 53.3 Å². The number of benzene rings is 1. The lowest BCUT2D eigenvalue weighted by molar-refractivity contribution is 0.102. The first kappa shape index (κ1) is 14.0. The van der Waals surface area contributed by atoms with E-state index in [1.54, 1.807) is 12.3 Å². The van der Waals surface area contributed by atoms with Gasteiger partial charge in [-0.2, -0.15) is 0 Å². The second-order valence-corrected chi connectivity index (χ2v) is 4.51. The number of aryl methyl sites for hydroxylation is 2. The summed E-state index contributed by atoms with van der Waals surface area (Å²) in [6.07, 6.45) is 3.99. The van der Waals surface area contributed by atoms with Crippen molar-refractivity contribution < 1.29 is 4.79 Å². The van der Waals surface area contributed by atoms with E-state index in [1.807, 2.05) is 18.2 Å². The Kier molecular flexibility index (Phi) is 4.32. The number of hydrazine groups is 1. The predicted octanol–water partition coefficient (Wildman–Crippen LogP) is 2.49. The lowest BCUT2D eigenvalue weighted by atomic mass is 10.1. The number of aromatic nitrogens is 1. The largest absolute Gasteiger partial charge is 0.323 e. The first-order chi connectivity index (χ1) is 9.65. The molecule has 2 aromatic rings. The van der Waals surface area contributed by atoms with Crippen molar-refractivity contribution in [2.75, 3.05) is 10.7 Å². The summed E-state index contributed by atoms with van der Waals surface area (Å²) in [5.74, 6) is 5.15.